The average molecular weight is 340 g/mol. The van der Waals surface area contributed by atoms with Gasteiger partial charge in [-0.05, 0) is 30.2 Å². The first-order valence-corrected chi connectivity index (χ1v) is 8.43. The van der Waals surface area contributed by atoms with Gasteiger partial charge in [-0.2, -0.15) is 5.10 Å². The molecule has 132 valence electrons. The molecular weight excluding hydrogens is 316 g/mol. The second kappa shape index (κ2) is 6.02. The molecule has 0 saturated heterocycles. The van der Waals surface area contributed by atoms with Crippen molar-refractivity contribution in [2.45, 2.75) is 39.5 Å². The number of amides is 2. The number of nitrogens with one attached hydrogen (secondary N) is 1. The van der Waals surface area contributed by atoms with E-state index in [1.54, 1.807) is 22.7 Å². The van der Waals surface area contributed by atoms with Gasteiger partial charge >= 0.3 is 0 Å². The number of anilines is 2. The van der Waals surface area contributed by atoms with E-state index < -0.39 is 0 Å². The van der Waals surface area contributed by atoms with Crippen LogP contribution in [0.2, 0.25) is 0 Å². The molecule has 1 aromatic heterocycles. The smallest absolute Gasteiger partial charge is 0.259 e. The van der Waals surface area contributed by atoms with Crippen molar-refractivity contribution >= 4 is 23.2 Å². The molecule has 1 aliphatic heterocycles. The van der Waals surface area contributed by atoms with Crippen LogP contribution in [0.15, 0.2) is 24.4 Å². The van der Waals surface area contributed by atoms with Crippen LogP contribution in [0.5, 0.6) is 0 Å². The molecule has 0 bridgehead atoms. The van der Waals surface area contributed by atoms with Crippen molar-refractivity contribution in [2.75, 3.05) is 16.8 Å². The van der Waals surface area contributed by atoms with Gasteiger partial charge < -0.3 is 10.2 Å². The quantitative estimate of drug-likeness (QED) is 0.914. The molecule has 3 rings (SSSR count). The molecule has 0 radical (unpaired) electrons. The Morgan fingerprint density at radius 2 is 1.96 bits per heavy atom. The number of aryl methyl sites for hydroxylation is 1. The van der Waals surface area contributed by atoms with Crippen LogP contribution < -0.4 is 10.2 Å². The third-order valence-corrected chi connectivity index (χ3v) is 4.40. The number of aromatic nitrogens is 2. The van der Waals surface area contributed by atoms with Gasteiger partial charge in [0.15, 0.2) is 0 Å². The average Bonchev–Trinajstić information content (AvgIpc) is 3.09. The SMILES string of the molecule is CC(=O)N1CCc2cc(NC(=O)c3cn(C)nc3C(C)(C)C)ccc21. The predicted octanol–water partition coefficient (Wildman–Crippen LogP) is 2.88. The number of nitrogens with zero attached hydrogens (tertiary/aromatic N) is 3. The lowest BCUT2D eigenvalue weighted by Gasteiger charge is -2.17. The molecule has 0 fully saturated rings. The molecule has 6 heteroatoms. The summed E-state index contributed by atoms with van der Waals surface area (Å²) in [6, 6.07) is 5.68. The minimum absolute atomic E-state index is 0.0423. The number of benzene rings is 1. The first kappa shape index (κ1) is 17.2. The van der Waals surface area contributed by atoms with Gasteiger partial charge in [-0.25, -0.2) is 0 Å². The molecular formula is C19H24N4O2. The third-order valence-electron chi connectivity index (χ3n) is 4.40. The van der Waals surface area contributed by atoms with E-state index in [-0.39, 0.29) is 17.2 Å². The number of carbonyl (C=O) groups is 2. The molecule has 25 heavy (non-hydrogen) atoms. The van der Waals surface area contributed by atoms with E-state index in [1.165, 1.54) is 0 Å². The highest BCUT2D eigenvalue weighted by molar-refractivity contribution is 6.05. The topological polar surface area (TPSA) is 67.2 Å². The Bertz CT molecular complexity index is 846. The van der Waals surface area contributed by atoms with E-state index in [2.05, 4.69) is 10.4 Å². The summed E-state index contributed by atoms with van der Waals surface area (Å²) in [6.07, 6.45) is 2.56. The van der Waals surface area contributed by atoms with Gasteiger partial charge in [0, 0.05) is 43.5 Å². The van der Waals surface area contributed by atoms with Gasteiger partial charge in [0.1, 0.15) is 0 Å². The van der Waals surface area contributed by atoms with Crippen LogP contribution in [0.3, 0.4) is 0 Å². The van der Waals surface area contributed by atoms with E-state index in [0.717, 1.165) is 29.1 Å². The van der Waals surface area contributed by atoms with Gasteiger partial charge in [0.05, 0.1) is 11.3 Å². The molecule has 1 N–H and O–H groups in total. The number of fused-ring (bicyclic) bond motifs is 1. The van der Waals surface area contributed by atoms with E-state index in [0.29, 0.717) is 12.1 Å². The Labute approximate surface area is 147 Å². The maximum atomic E-state index is 12.7. The lowest BCUT2D eigenvalue weighted by molar-refractivity contribution is -0.116. The Morgan fingerprint density at radius 3 is 2.60 bits per heavy atom. The van der Waals surface area contributed by atoms with Crippen molar-refractivity contribution in [3.63, 3.8) is 0 Å². The maximum absolute atomic E-state index is 12.7. The van der Waals surface area contributed by atoms with Crippen LogP contribution in [-0.2, 0) is 23.7 Å². The highest BCUT2D eigenvalue weighted by Gasteiger charge is 2.26. The van der Waals surface area contributed by atoms with Crippen LogP contribution in [0.1, 0.15) is 49.3 Å². The second-order valence-electron chi connectivity index (χ2n) is 7.53. The largest absolute Gasteiger partial charge is 0.322 e. The van der Waals surface area contributed by atoms with Gasteiger partial charge in [0.25, 0.3) is 5.91 Å². The zero-order valence-electron chi connectivity index (χ0n) is 15.4. The zero-order chi connectivity index (χ0) is 18.4. The molecule has 0 unspecified atom stereocenters. The Kier molecular flexibility index (Phi) is 4.14. The Morgan fingerprint density at radius 1 is 1.24 bits per heavy atom. The number of hydrogen-bond donors (Lipinski definition) is 1. The minimum Gasteiger partial charge on any atom is -0.322 e. The predicted molar refractivity (Wildman–Crippen MR) is 98.0 cm³/mol. The fourth-order valence-electron chi connectivity index (χ4n) is 3.21. The van der Waals surface area contributed by atoms with Gasteiger partial charge in [-0.3, -0.25) is 14.3 Å². The number of hydrogen-bond acceptors (Lipinski definition) is 3. The summed E-state index contributed by atoms with van der Waals surface area (Å²) in [5.74, 6) is -0.125. The van der Waals surface area contributed by atoms with Crippen molar-refractivity contribution in [1.82, 2.24) is 9.78 Å². The highest BCUT2D eigenvalue weighted by Crippen LogP contribution is 2.31. The number of rotatable bonds is 2. The Hall–Kier alpha value is -2.63. The summed E-state index contributed by atoms with van der Waals surface area (Å²) in [7, 11) is 1.82. The van der Waals surface area contributed by atoms with Crippen LogP contribution in [0.4, 0.5) is 11.4 Å². The molecule has 1 aromatic carbocycles. The van der Waals surface area contributed by atoms with Crippen LogP contribution >= 0.6 is 0 Å². The zero-order valence-corrected chi connectivity index (χ0v) is 15.4. The van der Waals surface area contributed by atoms with Crippen molar-refractivity contribution in [3.8, 4) is 0 Å². The molecule has 0 atom stereocenters. The molecule has 0 spiro atoms. The Balaban J connectivity index is 1.85. The fraction of sp³-hybridized carbons (Fsp3) is 0.421. The van der Waals surface area contributed by atoms with Crippen molar-refractivity contribution in [3.05, 3.63) is 41.2 Å². The molecule has 2 heterocycles. The van der Waals surface area contributed by atoms with Crippen LogP contribution in [0.25, 0.3) is 0 Å². The fourth-order valence-corrected chi connectivity index (χ4v) is 3.21. The molecule has 0 aliphatic carbocycles. The summed E-state index contributed by atoms with van der Waals surface area (Å²) < 4.78 is 1.67. The van der Waals surface area contributed by atoms with Crippen molar-refractivity contribution < 1.29 is 9.59 Å². The van der Waals surface area contributed by atoms with Crippen molar-refractivity contribution in [1.29, 1.82) is 0 Å². The van der Waals surface area contributed by atoms with E-state index >= 15 is 0 Å². The molecule has 2 amide bonds. The monoisotopic (exact) mass is 340 g/mol. The number of carbonyl (C=O) groups excluding carboxylic acids is 2. The van der Waals surface area contributed by atoms with Crippen LogP contribution in [-0.4, -0.2) is 28.1 Å². The lowest BCUT2D eigenvalue weighted by atomic mass is 9.89. The minimum atomic E-state index is -0.214. The first-order chi connectivity index (χ1) is 11.7. The first-order valence-electron chi connectivity index (χ1n) is 8.43. The summed E-state index contributed by atoms with van der Waals surface area (Å²) in [6.45, 7) is 8.38. The van der Waals surface area contributed by atoms with Crippen molar-refractivity contribution in [2.24, 2.45) is 7.05 Å². The highest BCUT2D eigenvalue weighted by atomic mass is 16.2. The van der Waals surface area contributed by atoms with E-state index in [4.69, 9.17) is 0 Å². The standard InChI is InChI=1S/C19H24N4O2/c1-12(24)23-9-8-13-10-14(6-7-16(13)23)20-18(25)15-11-22(5)21-17(15)19(2,3)4/h6-7,10-11H,8-9H2,1-5H3,(H,20,25). The molecule has 6 nitrogen and oxygen atoms in total. The van der Waals surface area contributed by atoms with Gasteiger partial charge in [0.2, 0.25) is 5.91 Å². The maximum Gasteiger partial charge on any atom is 0.259 e. The summed E-state index contributed by atoms with van der Waals surface area (Å²) >= 11 is 0. The van der Waals surface area contributed by atoms with Gasteiger partial charge in [-0.15, -0.1) is 0 Å². The van der Waals surface area contributed by atoms with E-state index in [9.17, 15) is 9.59 Å². The normalized spacial score (nSPS) is 13.7. The summed E-state index contributed by atoms with van der Waals surface area (Å²) in [4.78, 5) is 26.1. The molecule has 0 saturated carbocycles. The lowest BCUT2D eigenvalue weighted by Crippen LogP contribution is -2.25. The third kappa shape index (κ3) is 3.29. The molecule has 1 aliphatic rings. The van der Waals surface area contributed by atoms with E-state index in [1.807, 2.05) is 46.0 Å². The second-order valence-corrected chi connectivity index (χ2v) is 7.53. The summed E-state index contributed by atoms with van der Waals surface area (Å²) in [5.41, 5.74) is 3.89. The van der Waals surface area contributed by atoms with Crippen LogP contribution in [0, 0.1) is 0 Å². The summed E-state index contributed by atoms with van der Waals surface area (Å²) in [5, 5.41) is 7.41. The van der Waals surface area contributed by atoms with Gasteiger partial charge in [-0.1, -0.05) is 20.8 Å². The molecule has 2 aromatic rings.